The molecule has 1 aliphatic rings. The fourth-order valence-corrected chi connectivity index (χ4v) is 5.19. The van der Waals surface area contributed by atoms with Gasteiger partial charge in [-0.15, -0.1) is 0 Å². The van der Waals surface area contributed by atoms with Crippen LogP contribution in [0.3, 0.4) is 0 Å². The van der Waals surface area contributed by atoms with Gasteiger partial charge in [-0.1, -0.05) is 35.9 Å². The van der Waals surface area contributed by atoms with Crippen molar-refractivity contribution in [2.75, 3.05) is 6.54 Å². The Labute approximate surface area is 186 Å². The van der Waals surface area contributed by atoms with Crippen LogP contribution < -0.4 is 5.32 Å². The smallest absolute Gasteiger partial charge is 0.245 e. The maximum Gasteiger partial charge on any atom is 0.245 e. The molecular weight excluding hydrogens is 438 g/mol. The summed E-state index contributed by atoms with van der Waals surface area (Å²) in [6, 6.07) is 14.0. The largest absolute Gasteiger partial charge is 0.468 e. The lowest BCUT2D eigenvalue weighted by Gasteiger charge is -2.27. The molecule has 0 bridgehead atoms. The van der Waals surface area contributed by atoms with Gasteiger partial charge in [-0.2, -0.15) is 4.31 Å². The first-order chi connectivity index (χ1) is 14.9. The summed E-state index contributed by atoms with van der Waals surface area (Å²) < 4.78 is 32.8. The number of hydrogen-bond acceptors (Lipinski definition) is 5. The second-order valence-corrected chi connectivity index (χ2v) is 9.71. The number of aromatic nitrogens is 1. The Bertz CT molecular complexity index is 1150. The molecule has 9 heteroatoms. The van der Waals surface area contributed by atoms with Gasteiger partial charge in [-0.3, -0.25) is 4.79 Å². The van der Waals surface area contributed by atoms with E-state index < -0.39 is 10.0 Å². The van der Waals surface area contributed by atoms with Gasteiger partial charge in [0, 0.05) is 6.20 Å². The molecule has 1 aliphatic carbocycles. The van der Waals surface area contributed by atoms with E-state index >= 15 is 0 Å². The summed E-state index contributed by atoms with van der Waals surface area (Å²) in [7, 11) is -4.00. The Hall–Kier alpha value is -2.68. The number of carbonyl (C=O) groups is 1. The third-order valence-corrected chi connectivity index (χ3v) is 7.27. The fourth-order valence-electron chi connectivity index (χ4n) is 3.77. The van der Waals surface area contributed by atoms with Crippen molar-refractivity contribution < 1.29 is 17.6 Å². The zero-order chi connectivity index (χ0) is 21.8. The molecule has 0 aliphatic heterocycles. The SMILES string of the molecule is O=C(CN(Cc1ccco1)S(=O)(=O)c1ccc(Cl)nc1)NC1CCCc2ccccc21. The number of amides is 1. The molecule has 2 aromatic heterocycles. The van der Waals surface area contributed by atoms with Gasteiger partial charge >= 0.3 is 0 Å². The van der Waals surface area contributed by atoms with Crippen molar-refractivity contribution in [1.82, 2.24) is 14.6 Å². The normalized spacial score (nSPS) is 16.1. The number of aryl methyl sites for hydroxylation is 1. The van der Waals surface area contributed by atoms with E-state index in [0.717, 1.165) is 29.1 Å². The molecule has 0 saturated heterocycles. The number of carbonyl (C=O) groups excluding carboxylic acids is 1. The monoisotopic (exact) mass is 459 g/mol. The lowest BCUT2D eigenvalue weighted by molar-refractivity contribution is -0.122. The van der Waals surface area contributed by atoms with Gasteiger partial charge in [-0.05, 0) is 54.7 Å². The summed E-state index contributed by atoms with van der Waals surface area (Å²) in [5.41, 5.74) is 2.30. The van der Waals surface area contributed by atoms with Crippen LogP contribution in [-0.2, 0) is 27.8 Å². The molecule has 1 unspecified atom stereocenters. The van der Waals surface area contributed by atoms with Crippen molar-refractivity contribution in [2.45, 2.75) is 36.7 Å². The lowest BCUT2D eigenvalue weighted by Crippen LogP contribution is -2.42. The maximum atomic E-state index is 13.2. The molecule has 1 aromatic carbocycles. The minimum absolute atomic E-state index is 0.0423. The first kappa shape index (κ1) is 21.5. The van der Waals surface area contributed by atoms with Crippen molar-refractivity contribution in [3.63, 3.8) is 0 Å². The topological polar surface area (TPSA) is 92.5 Å². The van der Waals surface area contributed by atoms with Crippen LogP contribution in [0.2, 0.25) is 5.15 Å². The number of rotatable bonds is 7. The molecule has 0 saturated carbocycles. The van der Waals surface area contributed by atoms with E-state index in [4.69, 9.17) is 16.0 Å². The Balaban J connectivity index is 1.55. The molecule has 31 heavy (non-hydrogen) atoms. The highest BCUT2D eigenvalue weighted by atomic mass is 35.5. The fraction of sp³-hybridized carbons (Fsp3) is 0.273. The van der Waals surface area contributed by atoms with Crippen LogP contribution in [-0.4, -0.2) is 30.2 Å². The molecule has 2 heterocycles. The van der Waals surface area contributed by atoms with Gasteiger partial charge in [0.25, 0.3) is 0 Å². The molecule has 162 valence electrons. The van der Waals surface area contributed by atoms with Crippen LogP contribution in [0.1, 0.15) is 35.8 Å². The van der Waals surface area contributed by atoms with E-state index in [0.29, 0.717) is 5.76 Å². The highest BCUT2D eigenvalue weighted by Gasteiger charge is 2.29. The standard InChI is InChI=1S/C22H22ClN3O4S/c23-21-11-10-18(13-24-21)31(28,29)26(14-17-7-4-12-30-17)15-22(27)25-20-9-3-6-16-5-1-2-8-19(16)20/h1-2,4-5,7-8,10-13,20H,3,6,9,14-15H2,(H,25,27). The molecule has 1 atom stereocenters. The number of halogens is 1. The van der Waals surface area contributed by atoms with Crippen LogP contribution in [0.5, 0.6) is 0 Å². The number of nitrogens with one attached hydrogen (secondary N) is 1. The Morgan fingerprint density at radius 1 is 1.19 bits per heavy atom. The molecule has 7 nitrogen and oxygen atoms in total. The van der Waals surface area contributed by atoms with Gasteiger partial charge in [0.15, 0.2) is 0 Å². The Kier molecular flexibility index (Phi) is 6.41. The molecule has 3 aromatic rings. The van der Waals surface area contributed by atoms with E-state index in [-0.39, 0.29) is 35.1 Å². The molecule has 1 amide bonds. The average molecular weight is 460 g/mol. The predicted molar refractivity (Wildman–Crippen MR) is 116 cm³/mol. The van der Waals surface area contributed by atoms with Crippen molar-refractivity contribution in [3.05, 3.63) is 83.0 Å². The second kappa shape index (κ2) is 9.21. The predicted octanol–water partition coefficient (Wildman–Crippen LogP) is 3.71. The molecule has 0 radical (unpaired) electrons. The summed E-state index contributed by atoms with van der Waals surface area (Å²) in [6.07, 6.45) is 5.40. The number of fused-ring (bicyclic) bond motifs is 1. The van der Waals surface area contributed by atoms with Crippen LogP contribution >= 0.6 is 11.6 Å². The van der Waals surface area contributed by atoms with Crippen LogP contribution in [0.4, 0.5) is 0 Å². The number of hydrogen-bond donors (Lipinski definition) is 1. The van der Waals surface area contributed by atoms with Gasteiger partial charge in [-0.25, -0.2) is 13.4 Å². The third-order valence-electron chi connectivity index (χ3n) is 5.27. The second-order valence-electron chi connectivity index (χ2n) is 7.38. The Morgan fingerprint density at radius 2 is 2.03 bits per heavy atom. The molecule has 0 spiro atoms. The van der Waals surface area contributed by atoms with E-state index in [1.807, 2.05) is 18.2 Å². The maximum absolute atomic E-state index is 13.2. The molecular formula is C22H22ClN3O4S. The minimum atomic E-state index is -4.00. The van der Waals surface area contributed by atoms with Gasteiger partial charge in [0.2, 0.25) is 15.9 Å². The first-order valence-electron chi connectivity index (χ1n) is 9.95. The van der Waals surface area contributed by atoms with Crippen LogP contribution in [0.15, 0.2) is 70.3 Å². The van der Waals surface area contributed by atoms with E-state index in [2.05, 4.69) is 16.4 Å². The van der Waals surface area contributed by atoms with Crippen molar-refractivity contribution in [1.29, 1.82) is 0 Å². The quantitative estimate of drug-likeness (QED) is 0.543. The molecule has 4 rings (SSSR count). The van der Waals surface area contributed by atoms with Gasteiger partial charge in [0.05, 0.1) is 25.4 Å². The van der Waals surface area contributed by atoms with Crippen LogP contribution in [0, 0.1) is 0 Å². The Morgan fingerprint density at radius 3 is 2.77 bits per heavy atom. The highest BCUT2D eigenvalue weighted by Crippen LogP contribution is 2.29. The summed E-state index contributed by atoms with van der Waals surface area (Å²) in [5.74, 6) is 0.0556. The van der Waals surface area contributed by atoms with E-state index in [1.54, 1.807) is 12.1 Å². The third kappa shape index (κ3) is 4.98. The first-order valence-corrected chi connectivity index (χ1v) is 11.8. The number of sulfonamides is 1. The average Bonchev–Trinajstić information content (AvgIpc) is 3.27. The zero-order valence-electron chi connectivity index (χ0n) is 16.7. The van der Waals surface area contributed by atoms with Crippen molar-refractivity contribution in [2.24, 2.45) is 0 Å². The van der Waals surface area contributed by atoms with E-state index in [1.165, 1.54) is 30.2 Å². The molecule has 0 fully saturated rings. The zero-order valence-corrected chi connectivity index (χ0v) is 18.3. The summed E-state index contributed by atoms with van der Waals surface area (Å²) >= 11 is 5.79. The summed E-state index contributed by atoms with van der Waals surface area (Å²) in [5, 5.41) is 3.19. The van der Waals surface area contributed by atoms with Gasteiger partial charge in [0.1, 0.15) is 15.8 Å². The van der Waals surface area contributed by atoms with Gasteiger partial charge < -0.3 is 9.73 Å². The van der Waals surface area contributed by atoms with Crippen molar-refractivity contribution >= 4 is 27.5 Å². The van der Waals surface area contributed by atoms with E-state index in [9.17, 15) is 13.2 Å². The number of benzene rings is 1. The number of furan rings is 1. The summed E-state index contributed by atoms with van der Waals surface area (Å²) in [4.78, 5) is 16.7. The van der Waals surface area contributed by atoms with Crippen LogP contribution in [0.25, 0.3) is 0 Å². The lowest BCUT2D eigenvalue weighted by atomic mass is 9.88. The number of pyridine rings is 1. The molecule has 1 N–H and O–H groups in total. The minimum Gasteiger partial charge on any atom is -0.468 e. The highest BCUT2D eigenvalue weighted by molar-refractivity contribution is 7.89. The summed E-state index contributed by atoms with van der Waals surface area (Å²) in [6.45, 7) is -0.420. The van der Waals surface area contributed by atoms with Crippen molar-refractivity contribution in [3.8, 4) is 0 Å². The number of nitrogens with zero attached hydrogens (tertiary/aromatic N) is 2.